The number of aliphatic imine (C=N–C) groups is 1. The van der Waals surface area contributed by atoms with E-state index in [1.807, 2.05) is 30.3 Å². The standard InChI is InChI=1S/C21H22FN5/c1-14(2)26(3)13-20-25-24-19-12-23-21(15-8-4-6-10-17(15)22)16-9-5-7-11-18(16)27(19)20/h4-11,14H,12-13H2,1-3H3. The fourth-order valence-electron chi connectivity index (χ4n) is 3.23. The van der Waals surface area contributed by atoms with Crippen LogP contribution in [0.1, 0.15) is 36.6 Å². The maximum atomic E-state index is 14.5. The number of nitrogens with zero attached hydrogens (tertiary/aromatic N) is 5. The van der Waals surface area contributed by atoms with Crippen LogP contribution in [0.5, 0.6) is 0 Å². The lowest BCUT2D eigenvalue weighted by molar-refractivity contribution is 0.257. The van der Waals surface area contributed by atoms with Gasteiger partial charge in [0, 0.05) is 17.2 Å². The van der Waals surface area contributed by atoms with Crippen molar-refractivity contribution in [3.63, 3.8) is 0 Å². The highest BCUT2D eigenvalue weighted by Gasteiger charge is 2.24. The number of halogens is 1. The molecule has 3 aromatic rings. The molecule has 0 N–H and O–H groups in total. The van der Waals surface area contributed by atoms with Crippen LogP contribution in [0.3, 0.4) is 0 Å². The largest absolute Gasteiger partial charge is 0.297 e. The van der Waals surface area contributed by atoms with E-state index in [4.69, 9.17) is 4.99 Å². The summed E-state index contributed by atoms with van der Waals surface area (Å²) in [7, 11) is 2.07. The van der Waals surface area contributed by atoms with Crippen molar-refractivity contribution < 1.29 is 4.39 Å². The number of hydrogen-bond donors (Lipinski definition) is 0. The highest BCUT2D eigenvalue weighted by atomic mass is 19.1. The van der Waals surface area contributed by atoms with Crippen LogP contribution in [0.4, 0.5) is 4.39 Å². The topological polar surface area (TPSA) is 46.3 Å². The van der Waals surface area contributed by atoms with Gasteiger partial charge in [0.05, 0.1) is 17.9 Å². The summed E-state index contributed by atoms with van der Waals surface area (Å²) in [6.07, 6.45) is 0. The maximum Gasteiger partial charge on any atom is 0.159 e. The SMILES string of the molecule is CC(C)N(C)Cc1nnc2n1-c1ccccc1C(c1ccccc1F)=NC2. The minimum absolute atomic E-state index is 0.275. The Morgan fingerprint density at radius 3 is 2.48 bits per heavy atom. The molecule has 1 aliphatic heterocycles. The molecule has 0 radical (unpaired) electrons. The molecule has 2 heterocycles. The van der Waals surface area contributed by atoms with Gasteiger partial charge in [-0.15, -0.1) is 10.2 Å². The molecule has 4 rings (SSSR count). The van der Waals surface area contributed by atoms with Gasteiger partial charge >= 0.3 is 0 Å². The van der Waals surface area contributed by atoms with Gasteiger partial charge in [0.25, 0.3) is 0 Å². The van der Waals surface area contributed by atoms with E-state index in [1.165, 1.54) is 6.07 Å². The van der Waals surface area contributed by atoms with Gasteiger partial charge in [0.2, 0.25) is 0 Å². The molecule has 2 aromatic carbocycles. The summed E-state index contributed by atoms with van der Waals surface area (Å²) in [6, 6.07) is 15.1. The van der Waals surface area contributed by atoms with Crippen molar-refractivity contribution in [2.75, 3.05) is 7.05 Å². The molecule has 27 heavy (non-hydrogen) atoms. The van der Waals surface area contributed by atoms with Gasteiger partial charge in [-0.1, -0.05) is 30.3 Å². The second kappa shape index (κ2) is 7.04. The van der Waals surface area contributed by atoms with E-state index in [-0.39, 0.29) is 5.82 Å². The highest BCUT2D eigenvalue weighted by molar-refractivity contribution is 6.15. The summed E-state index contributed by atoms with van der Waals surface area (Å²) in [5.74, 6) is 1.35. The van der Waals surface area contributed by atoms with Crippen molar-refractivity contribution in [2.24, 2.45) is 4.99 Å². The van der Waals surface area contributed by atoms with Gasteiger partial charge in [0.1, 0.15) is 12.4 Å². The van der Waals surface area contributed by atoms with Gasteiger partial charge in [-0.2, -0.15) is 0 Å². The summed E-state index contributed by atoms with van der Waals surface area (Å²) in [6.45, 7) is 5.32. The van der Waals surface area contributed by atoms with E-state index in [0.717, 1.165) is 22.9 Å². The number of rotatable bonds is 4. The minimum atomic E-state index is -0.275. The lowest BCUT2D eigenvalue weighted by atomic mass is 10.00. The zero-order valence-corrected chi connectivity index (χ0v) is 15.7. The maximum absolute atomic E-state index is 14.5. The van der Waals surface area contributed by atoms with Crippen LogP contribution in [0.2, 0.25) is 0 Å². The number of aromatic nitrogens is 3. The lowest BCUT2D eigenvalue weighted by Gasteiger charge is -2.21. The van der Waals surface area contributed by atoms with Crippen LogP contribution in [-0.2, 0) is 13.1 Å². The summed E-state index contributed by atoms with van der Waals surface area (Å²) < 4.78 is 16.5. The third-order valence-corrected chi connectivity index (χ3v) is 4.98. The summed E-state index contributed by atoms with van der Waals surface area (Å²) in [5.41, 5.74) is 2.97. The van der Waals surface area contributed by atoms with E-state index in [0.29, 0.717) is 30.4 Å². The van der Waals surface area contributed by atoms with Crippen molar-refractivity contribution in [3.8, 4) is 5.69 Å². The van der Waals surface area contributed by atoms with Crippen LogP contribution in [-0.4, -0.2) is 38.5 Å². The van der Waals surface area contributed by atoms with Crippen molar-refractivity contribution in [2.45, 2.75) is 33.0 Å². The molecule has 0 unspecified atom stereocenters. The molecule has 0 fully saturated rings. The van der Waals surface area contributed by atoms with Crippen LogP contribution in [0, 0.1) is 5.82 Å². The molecular formula is C21H22FN5. The molecule has 0 saturated heterocycles. The van der Waals surface area contributed by atoms with Crippen LogP contribution < -0.4 is 0 Å². The Kier molecular flexibility index (Phi) is 4.58. The lowest BCUT2D eigenvalue weighted by Crippen LogP contribution is -2.27. The first kappa shape index (κ1) is 17.5. The Bertz CT molecular complexity index is 1010. The van der Waals surface area contributed by atoms with Crippen LogP contribution in [0.15, 0.2) is 53.5 Å². The normalized spacial score (nSPS) is 13.3. The van der Waals surface area contributed by atoms with Gasteiger partial charge in [-0.3, -0.25) is 14.5 Å². The minimum Gasteiger partial charge on any atom is -0.297 e. The first-order valence-electron chi connectivity index (χ1n) is 9.08. The number of fused-ring (bicyclic) bond motifs is 3. The Hall–Kier alpha value is -2.86. The van der Waals surface area contributed by atoms with Gasteiger partial charge in [0.15, 0.2) is 11.6 Å². The van der Waals surface area contributed by atoms with E-state index in [1.54, 1.807) is 12.1 Å². The predicted octanol–water partition coefficient (Wildman–Crippen LogP) is 3.60. The van der Waals surface area contributed by atoms with Gasteiger partial charge in [-0.25, -0.2) is 4.39 Å². The molecule has 0 atom stereocenters. The van der Waals surface area contributed by atoms with Gasteiger partial charge in [-0.05, 0) is 39.1 Å². The van der Waals surface area contributed by atoms with Crippen molar-refractivity contribution >= 4 is 5.71 Å². The predicted molar refractivity (Wildman–Crippen MR) is 104 cm³/mol. The van der Waals surface area contributed by atoms with E-state index < -0.39 is 0 Å². The molecular weight excluding hydrogens is 341 g/mol. The average Bonchev–Trinajstić information content (AvgIpc) is 2.97. The molecule has 1 aromatic heterocycles. The monoisotopic (exact) mass is 363 g/mol. The molecule has 0 aliphatic carbocycles. The summed E-state index contributed by atoms with van der Waals surface area (Å²) in [4.78, 5) is 6.92. The molecule has 1 aliphatic rings. The second-order valence-electron chi connectivity index (χ2n) is 7.04. The van der Waals surface area contributed by atoms with Crippen molar-refractivity contribution in [3.05, 3.63) is 77.1 Å². The average molecular weight is 363 g/mol. The molecule has 5 nitrogen and oxygen atoms in total. The fraction of sp³-hybridized carbons (Fsp3) is 0.286. The Labute approximate surface area is 158 Å². The molecule has 0 bridgehead atoms. The Morgan fingerprint density at radius 2 is 1.74 bits per heavy atom. The first-order valence-corrected chi connectivity index (χ1v) is 9.08. The van der Waals surface area contributed by atoms with E-state index in [2.05, 4.69) is 40.6 Å². The summed E-state index contributed by atoms with van der Waals surface area (Å²) in [5, 5.41) is 8.77. The Balaban J connectivity index is 1.86. The van der Waals surface area contributed by atoms with Crippen molar-refractivity contribution in [1.29, 1.82) is 0 Å². The zero-order chi connectivity index (χ0) is 19.0. The molecule has 138 valence electrons. The molecule has 0 spiro atoms. The van der Waals surface area contributed by atoms with E-state index >= 15 is 0 Å². The van der Waals surface area contributed by atoms with Crippen molar-refractivity contribution in [1.82, 2.24) is 19.7 Å². The van der Waals surface area contributed by atoms with Gasteiger partial charge < -0.3 is 0 Å². The Morgan fingerprint density at radius 1 is 1.04 bits per heavy atom. The fourth-order valence-corrected chi connectivity index (χ4v) is 3.23. The number of hydrogen-bond acceptors (Lipinski definition) is 4. The quantitative estimate of drug-likeness (QED) is 0.712. The second-order valence-corrected chi connectivity index (χ2v) is 7.04. The van der Waals surface area contributed by atoms with E-state index in [9.17, 15) is 4.39 Å². The smallest absolute Gasteiger partial charge is 0.159 e. The number of benzene rings is 2. The third kappa shape index (κ3) is 3.17. The van der Waals surface area contributed by atoms with Crippen LogP contribution >= 0.6 is 0 Å². The third-order valence-electron chi connectivity index (χ3n) is 4.98. The van der Waals surface area contributed by atoms with Crippen LogP contribution in [0.25, 0.3) is 5.69 Å². The molecule has 0 saturated carbocycles. The molecule has 6 heteroatoms. The first-order chi connectivity index (χ1) is 13.1. The zero-order valence-electron chi connectivity index (χ0n) is 15.7. The highest BCUT2D eigenvalue weighted by Crippen LogP contribution is 2.27. The number of para-hydroxylation sites is 1. The summed E-state index contributed by atoms with van der Waals surface area (Å²) >= 11 is 0. The molecule has 0 amide bonds.